The Balaban J connectivity index is 1.42. The van der Waals surface area contributed by atoms with Gasteiger partial charge in [-0.2, -0.15) is 5.10 Å². The smallest absolute Gasteiger partial charge is 0.275 e. The second-order valence-corrected chi connectivity index (χ2v) is 9.78. The molecular formula is C24H31ClN4O2. The Kier molecular flexibility index (Phi) is 5.69. The van der Waals surface area contributed by atoms with Crippen molar-refractivity contribution in [2.45, 2.75) is 51.1 Å². The predicted molar refractivity (Wildman–Crippen MR) is 121 cm³/mol. The van der Waals surface area contributed by atoms with Crippen LogP contribution >= 0.6 is 11.6 Å². The Bertz CT molecular complexity index is 961. The first-order valence-electron chi connectivity index (χ1n) is 11.4. The van der Waals surface area contributed by atoms with Gasteiger partial charge in [0.1, 0.15) is 5.75 Å². The van der Waals surface area contributed by atoms with Gasteiger partial charge in [-0.15, -0.1) is 0 Å². The fourth-order valence-electron chi connectivity index (χ4n) is 6.10. The molecule has 1 N–H and O–H groups in total. The molecule has 1 amide bonds. The second kappa shape index (κ2) is 8.47. The molecule has 7 heteroatoms. The van der Waals surface area contributed by atoms with Crippen molar-refractivity contribution < 1.29 is 9.53 Å². The van der Waals surface area contributed by atoms with Gasteiger partial charge in [0.05, 0.1) is 17.8 Å². The number of carbonyl (C=O) groups excluding carboxylic acids is 1. The number of ether oxygens (including phenoxy) is 1. The highest BCUT2D eigenvalue weighted by Crippen LogP contribution is 2.42. The summed E-state index contributed by atoms with van der Waals surface area (Å²) < 4.78 is 5.45. The summed E-state index contributed by atoms with van der Waals surface area (Å²) in [7, 11) is 1.72. The number of fused-ring (bicyclic) bond motifs is 4. The number of hydrogen-bond acceptors (Lipinski definition) is 4. The van der Waals surface area contributed by atoms with E-state index in [-0.39, 0.29) is 5.91 Å². The van der Waals surface area contributed by atoms with Gasteiger partial charge in [0.25, 0.3) is 5.91 Å². The van der Waals surface area contributed by atoms with Gasteiger partial charge in [-0.3, -0.25) is 14.8 Å². The number of benzene rings is 1. The largest absolute Gasteiger partial charge is 0.497 e. The van der Waals surface area contributed by atoms with Gasteiger partial charge in [0.15, 0.2) is 5.69 Å². The zero-order valence-electron chi connectivity index (χ0n) is 18.3. The van der Waals surface area contributed by atoms with E-state index in [4.69, 9.17) is 16.3 Å². The van der Waals surface area contributed by atoms with E-state index in [0.717, 1.165) is 31.0 Å². The predicted octanol–water partition coefficient (Wildman–Crippen LogP) is 3.94. The van der Waals surface area contributed by atoms with Crippen LogP contribution in [0.3, 0.4) is 0 Å². The molecule has 0 spiro atoms. The highest BCUT2D eigenvalue weighted by Gasteiger charge is 2.48. The Labute approximate surface area is 188 Å². The first kappa shape index (κ1) is 20.8. The van der Waals surface area contributed by atoms with Crippen LogP contribution in [0.1, 0.15) is 47.4 Å². The molecule has 31 heavy (non-hydrogen) atoms. The number of amides is 1. The van der Waals surface area contributed by atoms with E-state index >= 15 is 0 Å². The zero-order valence-corrected chi connectivity index (χ0v) is 19.1. The van der Waals surface area contributed by atoms with E-state index < -0.39 is 0 Å². The van der Waals surface area contributed by atoms with Crippen LogP contribution in [0, 0.1) is 18.8 Å². The third-order valence-corrected chi connectivity index (χ3v) is 8.03. The van der Waals surface area contributed by atoms with Gasteiger partial charge in [-0.25, -0.2) is 0 Å². The summed E-state index contributed by atoms with van der Waals surface area (Å²) in [5.74, 6) is 1.87. The van der Waals surface area contributed by atoms with E-state index in [1.165, 1.54) is 37.8 Å². The van der Waals surface area contributed by atoms with Crippen LogP contribution in [0.5, 0.6) is 5.75 Å². The van der Waals surface area contributed by atoms with Crippen molar-refractivity contribution >= 4 is 17.5 Å². The number of hydrogen-bond donors (Lipinski definition) is 1. The molecule has 0 radical (unpaired) electrons. The minimum atomic E-state index is -0.0339. The van der Waals surface area contributed by atoms with Crippen LogP contribution in [0.15, 0.2) is 24.3 Å². The first-order chi connectivity index (χ1) is 15.0. The molecule has 3 aliphatic heterocycles. The number of nitrogens with zero attached hydrogens (tertiary/aromatic N) is 3. The van der Waals surface area contributed by atoms with E-state index in [1.54, 1.807) is 7.11 Å². The van der Waals surface area contributed by atoms with Gasteiger partial charge in [-0.05, 0) is 68.7 Å². The Hall–Kier alpha value is -2.05. The van der Waals surface area contributed by atoms with Crippen molar-refractivity contribution in [3.05, 3.63) is 46.2 Å². The monoisotopic (exact) mass is 442 g/mol. The maximum absolute atomic E-state index is 13.3. The summed E-state index contributed by atoms with van der Waals surface area (Å²) >= 11 is 6.36. The first-order valence-corrected chi connectivity index (χ1v) is 11.8. The quantitative estimate of drug-likeness (QED) is 0.779. The number of aryl methyl sites for hydroxylation is 1. The lowest BCUT2D eigenvalue weighted by atomic mass is 9.71. The number of nitrogens with one attached hydrogen (secondary N) is 1. The molecule has 1 aromatic carbocycles. The highest BCUT2D eigenvalue weighted by molar-refractivity contribution is 6.34. The summed E-state index contributed by atoms with van der Waals surface area (Å²) in [6.45, 7) is 4.60. The standard InChI is InChI=1S/C24H31ClN4O2/c1-15-22(25)23(27-26-15)24(30)28-13-17-12-18(14-28)21(29-9-4-3-8-20(17)29)11-16-6-5-7-19(10-16)31-2/h5-7,10,17-18,20-21H,3-4,8-9,11-14H2,1-2H3,(H,26,27)/t17-,18+,20+,21+/m1/s1. The molecule has 166 valence electrons. The van der Waals surface area contributed by atoms with Crippen LogP contribution < -0.4 is 4.74 Å². The molecule has 0 aliphatic carbocycles. The van der Waals surface area contributed by atoms with E-state index in [9.17, 15) is 4.79 Å². The number of aromatic amines is 1. The Morgan fingerprint density at radius 2 is 2.13 bits per heavy atom. The number of piperidine rings is 3. The molecule has 1 aromatic heterocycles. The molecule has 2 aromatic rings. The Morgan fingerprint density at radius 3 is 2.90 bits per heavy atom. The van der Waals surface area contributed by atoms with Crippen molar-refractivity contribution in [2.75, 3.05) is 26.7 Å². The van der Waals surface area contributed by atoms with Gasteiger partial charge in [-0.1, -0.05) is 30.2 Å². The molecule has 4 atom stereocenters. The lowest BCUT2D eigenvalue weighted by molar-refractivity contribution is -0.0643. The summed E-state index contributed by atoms with van der Waals surface area (Å²) in [5, 5.41) is 7.51. The van der Waals surface area contributed by atoms with E-state index in [0.29, 0.717) is 34.6 Å². The van der Waals surface area contributed by atoms with Crippen LogP contribution in [0.4, 0.5) is 0 Å². The fraction of sp³-hybridized carbons (Fsp3) is 0.583. The van der Waals surface area contributed by atoms with Crippen LogP contribution in [0.2, 0.25) is 5.02 Å². The molecule has 6 nitrogen and oxygen atoms in total. The van der Waals surface area contributed by atoms with Crippen LogP contribution in [-0.2, 0) is 6.42 Å². The Morgan fingerprint density at radius 1 is 1.29 bits per heavy atom. The van der Waals surface area contributed by atoms with Gasteiger partial charge in [0.2, 0.25) is 0 Å². The normalized spacial score (nSPS) is 28.3. The molecular weight excluding hydrogens is 412 g/mol. The zero-order chi connectivity index (χ0) is 21.5. The molecule has 5 rings (SSSR count). The number of methoxy groups -OCH3 is 1. The molecule has 3 saturated heterocycles. The second-order valence-electron chi connectivity index (χ2n) is 9.40. The summed E-state index contributed by atoms with van der Waals surface area (Å²) in [6, 6.07) is 9.44. The molecule has 4 heterocycles. The van der Waals surface area contributed by atoms with E-state index in [1.807, 2.05) is 17.9 Å². The maximum Gasteiger partial charge on any atom is 0.275 e. The number of aromatic nitrogens is 2. The molecule has 2 bridgehead atoms. The third kappa shape index (κ3) is 3.85. The fourth-order valence-corrected chi connectivity index (χ4v) is 6.27. The van der Waals surface area contributed by atoms with Gasteiger partial charge in [0, 0.05) is 25.2 Å². The lowest BCUT2D eigenvalue weighted by Gasteiger charge is -2.57. The summed E-state index contributed by atoms with van der Waals surface area (Å²) in [5.41, 5.74) is 2.42. The number of carbonyl (C=O) groups is 1. The minimum Gasteiger partial charge on any atom is -0.497 e. The summed E-state index contributed by atoms with van der Waals surface area (Å²) in [6.07, 6.45) is 5.99. The highest BCUT2D eigenvalue weighted by atomic mass is 35.5. The molecule has 3 aliphatic rings. The third-order valence-electron chi connectivity index (χ3n) is 7.56. The number of likely N-dealkylation sites (tertiary alicyclic amines) is 1. The summed E-state index contributed by atoms with van der Waals surface area (Å²) in [4.78, 5) is 18.1. The lowest BCUT2D eigenvalue weighted by Crippen LogP contribution is -2.64. The van der Waals surface area contributed by atoms with Crippen molar-refractivity contribution in [3.8, 4) is 5.75 Å². The topological polar surface area (TPSA) is 61.5 Å². The van der Waals surface area contributed by atoms with Crippen molar-refractivity contribution in [1.82, 2.24) is 20.0 Å². The van der Waals surface area contributed by atoms with Crippen LogP contribution in [0.25, 0.3) is 0 Å². The average molecular weight is 443 g/mol. The van der Waals surface area contributed by atoms with Crippen molar-refractivity contribution in [2.24, 2.45) is 11.8 Å². The van der Waals surface area contributed by atoms with Crippen molar-refractivity contribution in [3.63, 3.8) is 0 Å². The average Bonchev–Trinajstić information content (AvgIpc) is 3.14. The van der Waals surface area contributed by atoms with Gasteiger partial charge >= 0.3 is 0 Å². The molecule has 3 fully saturated rings. The molecule has 0 saturated carbocycles. The van der Waals surface area contributed by atoms with Crippen LogP contribution in [-0.4, -0.2) is 64.7 Å². The number of rotatable bonds is 4. The van der Waals surface area contributed by atoms with Crippen molar-refractivity contribution in [1.29, 1.82) is 0 Å². The van der Waals surface area contributed by atoms with E-state index in [2.05, 4.69) is 33.3 Å². The minimum absolute atomic E-state index is 0.0339. The van der Waals surface area contributed by atoms with Gasteiger partial charge < -0.3 is 9.64 Å². The maximum atomic E-state index is 13.3. The molecule has 0 unspecified atom stereocenters. The SMILES string of the molecule is COc1cccc(C[C@H]2[C@H]3C[C@H](CN(C(=O)c4n[nH]c(C)c4Cl)C3)[C@@H]3CCCCN32)c1. The number of halogens is 1. The number of H-pyrrole nitrogens is 1.